The number of pyridine rings is 1. The molecule has 34 heavy (non-hydrogen) atoms. The second-order valence-corrected chi connectivity index (χ2v) is 9.10. The number of anilines is 1. The van der Waals surface area contributed by atoms with Crippen molar-refractivity contribution >= 4 is 73.2 Å². The van der Waals surface area contributed by atoms with Gasteiger partial charge in [0.05, 0.1) is 27.8 Å². The van der Waals surface area contributed by atoms with E-state index >= 15 is 0 Å². The molecule has 2 aromatic carbocycles. The number of fused-ring (bicyclic) bond motifs is 1. The number of aromatic nitrogens is 2. The van der Waals surface area contributed by atoms with Crippen LogP contribution in [0.5, 0.6) is 0 Å². The lowest BCUT2D eigenvalue weighted by Gasteiger charge is -2.16. The highest BCUT2D eigenvalue weighted by molar-refractivity contribution is 9.10. The molecule has 0 spiro atoms. The van der Waals surface area contributed by atoms with E-state index in [1.165, 1.54) is 11.5 Å². The Morgan fingerprint density at radius 3 is 2.56 bits per heavy atom. The molecule has 0 atom stereocenters. The fraction of sp³-hybridized carbons (Fsp3) is 0.0833. The average Bonchev–Trinajstić information content (AvgIpc) is 3.21. The van der Waals surface area contributed by atoms with E-state index in [1.54, 1.807) is 54.9 Å². The van der Waals surface area contributed by atoms with Crippen LogP contribution in [0.2, 0.25) is 10.0 Å². The van der Waals surface area contributed by atoms with Gasteiger partial charge in [-0.05, 0) is 52.5 Å². The number of carbonyl (C=O) groups is 3. The van der Waals surface area contributed by atoms with Crippen LogP contribution in [0.4, 0.5) is 5.69 Å². The Morgan fingerprint density at radius 2 is 1.82 bits per heavy atom. The maximum atomic E-state index is 13.4. The average molecular weight is 560 g/mol. The number of rotatable bonds is 6. The minimum absolute atomic E-state index is 0.127. The van der Waals surface area contributed by atoms with Gasteiger partial charge in [-0.2, -0.15) is 0 Å². The van der Waals surface area contributed by atoms with Crippen LogP contribution < -0.4 is 10.6 Å². The van der Waals surface area contributed by atoms with E-state index in [-0.39, 0.29) is 34.3 Å². The first-order chi connectivity index (χ1) is 16.3. The SMILES string of the molecule is CC(=O)CNC(=O)c1cc2ccccc2c(Cl)c1NC(=O)c1cc(Br)cn1-c1ncccc1Cl. The summed E-state index contributed by atoms with van der Waals surface area (Å²) >= 11 is 16.3. The normalized spacial score (nSPS) is 10.8. The summed E-state index contributed by atoms with van der Waals surface area (Å²) in [7, 11) is 0. The zero-order valence-corrected chi connectivity index (χ0v) is 20.8. The molecule has 4 aromatic rings. The van der Waals surface area contributed by atoms with Crippen LogP contribution in [-0.4, -0.2) is 33.7 Å². The molecule has 7 nitrogen and oxygen atoms in total. The number of halogens is 3. The predicted molar refractivity (Wildman–Crippen MR) is 136 cm³/mol. The first-order valence-electron chi connectivity index (χ1n) is 10.0. The number of nitrogens with zero attached hydrogens (tertiary/aromatic N) is 2. The van der Waals surface area contributed by atoms with E-state index in [0.717, 1.165) is 0 Å². The molecule has 2 N–H and O–H groups in total. The Hall–Kier alpha value is -3.20. The molecule has 0 aliphatic heterocycles. The van der Waals surface area contributed by atoms with Gasteiger partial charge >= 0.3 is 0 Å². The van der Waals surface area contributed by atoms with Gasteiger partial charge in [-0.25, -0.2) is 4.98 Å². The molecular weight excluding hydrogens is 543 g/mol. The lowest BCUT2D eigenvalue weighted by atomic mass is 10.0. The summed E-state index contributed by atoms with van der Waals surface area (Å²) in [6.45, 7) is 1.22. The molecule has 0 aliphatic rings. The summed E-state index contributed by atoms with van der Waals surface area (Å²) in [5.74, 6) is -0.919. The molecule has 0 aliphatic carbocycles. The highest BCUT2D eigenvalue weighted by Gasteiger charge is 2.23. The van der Waals surface area contributed by atoms with Gasteiger partial charge in [0, 0.05) is 22.3 Å². The maximum absolute atomic E-state index is 13.4. The predicted octanol–water partition coefficient (Wildman–Crippen LogP) is 5.67. The number of hydrogen-bond donors (Lipinski definition) is 2. The van der Waals surface area contributed by atoms with E-state index < -0.39 is 11.8 Å². The topological polar surface area (TPSA) is 93.1 Å². The molecule has 0 saturated heterocycles. The first-order valence-corrected chi connectivity index (χ1v) is 11.6. The van der Waals surface area contributed by atoms with Crippen molar-refractivity contribution in [3.05, 3.63) is 86.7 Å². The highest BCUT2D eigenvalue weighted by Crippen LogP contribution is 2.35. The third kappa shape index (κ3) is 4.84. The smallest absolute Gasteiger partial charge is 0.272 e. The largest absolute Gasteiger partial charge is 0.345 e. The number of amides is 2. The number of hydrogen-bond acceptors (Lipinski definition) is 4. The van der Waals surface area contributed by atoms with Crippen LogP contribution in [-0.2, 0) is 4.79 Å². The van der Waals surface area contributed by atoms with Crippen molar-refractivity contribution in [3.8, 4) is 5.82 Å². The third-order valence-corrected chi connectivity index (χ3v) is 6.07. The van der Waals surface area contributed by atoms with E-state index in [1.807, 2.05) is 6.07 Å². The van der Waals surface area contributed by atoms with Crippen molar-refractivity contribution in [2.45, 2.75) is 6.92 Å². The van der Waals surface area contributed by atoms with Crippen LogP contribution in [0.1, 0.15) is 27.8 Å². The number of nitrogens with one attached hydrogen (secondary N) is 2. The summed E-state index contributed by atoms with van der Waals surface area (Å²) in [6.07, 6.45) is 3.22. The Labute approximate surface area is 213 Å². The molecule has 0 fully saturated rings. The van der Waals surface area contributed by atoms with Gasteiger partial charge < -0.3 is 10.6 Å². The highest BCUT2D eigenvalue weighted by atomic mass is 79.9. The molecule has 0 bridgehead atoms. The van der Waals surface area contributed by atoms with Crippen LogP contribution >= 0.6 is 39.1 Å². The molecule has 0 radical (unpaired) electrons. The molecule has 0 saturated carbocycles. The van der Waals surface area contributed by atoms with Crippen LogP contribution in [0.25, 0.3) is 16.6 Å². The Morgan fingerprint density at radius 1 is 1.06 bits per heavy atom. The van der Waals surface area contributed by atoms with Gasteiger partial charge in [-0.15, -0.1) is 0 Å². The molecule has 2 aromatic heterocycles. The van der Waals surface area contributed by atoms with Crippen molar-refractivity contribution in [1.82, 2.24) is 14.9 Å². The first kappa shape index (κ1) is 23.9. The summed E-state index contributed by atoms with van der Waals surface area (Å²) in [5.41, 5.74) is 0.473. The fourth-order valence-electron chi connectivity index (χ4n) is 3.42. The molecule has 2 amide bonds. The van der Waals surface area contributed by atoms with Gasteiger partial charge in [0.15, 0.2) is 5.82 Å². The summed E-state index contributed by atoms with van der Waals surface area (Å²) in [5, 5.41) is 7.25. The minimum Gasteiger partial charge on any atom is -0.345 e. The van der Waals surface area contributed by atoms with Crippen LogP contribution in [0, 0.1) is 0 Å². The standard InChI is InChI=1S/C24H17BrCl2N4O3/c1-13(32)11-29-23(33)17-9-14-5-2-3-6-16(14)20(27)21(17)30-24(34)19-10-15(25)12-31(19)22-18(26)7-4-8-28-22/h2-10,12H,11H2,1H3,(H,29,33)(H,30,34). The summed E-state index contributed by atoms with van der Waals surface area (Å²) in [6, 6.07) is 13.8. The van der Waals surface area contributed by atoms with Crippen LogP contribution in [0.3, 0.4) is 0 Å². The quantitative estimate of drug-likeness (QED) is 0.318. The van der Waals surface area contributed by atoms with Crippen molar-refractivity contribution in [2.24, 2.45) is 0 Å². The summed E-state index contributed by atoms with van der Waals surface area (Å²) in [4.78, 5) is 41.9. The van der Waals surface area contributed by atoms with E-state index in [2.05, 4.69) is 31.5 Å². The Bertz CT molecular complexity index is 1450. The van der Waals surface area contributed by atoms with E-state index in [0.29, 0.717) is 26.1 Å². The number of Topliss-reactive ketones (excluding diaryl/α,β-unsaturated/α-hetero) is 1. The van der Waals surface area contributed by atoms with Crippen molar-refractivity contribution in [2.75, 3.05) is 11.9 Å². The monoisotopic (exact) mass is 558 g/mol. The Balaban J connectivity index is 1.79. The third-order valence-electron chi connectivity index (χ3n) is 4.95. The molecule has 4 rings (SSSR count). The lowest BCUT2D eigenvalue weighted by molar-refractivity contribution is -0.116. The lowest BCUT2D eigenvalue weighted by Crippen LogP contribution is -2.29. The molecular formula is C24H17BrCl2N4O3. The summed E-state index contributed by atoms with van der Waals surface area (Å²) < 4.78 is 2.16. The van der Waals surface area contributed by atoms with Crippen molar-refractivity contribution in [1.29, 1.82) is 0 Å². The van der Waals surface area contributed by atoms with Gasteiger partial charge in [0.2, 0.25) is 0 Å². The Kier molecular flexibility index (Phi) is 7.02. The molecule has 172 valence electrons. The van der Waals surface area contributed by atoms with Crippen LogP contribution in [0.15, 0.2) is 65.4 Å². The number of ketones is 1. The minimum atomic E-state index is -0.539. The molecule has 0 unspecified atom stereocenters. The van der Waals surface area contributed by atoms with Crippen molar-refractivity contribution in [3.63, 3.8) is 0 Å². The number of benzene rings is 2. The van der Waals surface area contributed by atoms with Crippen molar-refractivity contribution < 1.29 is 14.4 Å². The molecule has 10 heteroatoms. The van der Waals surface area contributed by atoms with Gasteiger partial charge in [0.1, 0.15) is 11.5 Å². The van der Waals surface area contributed by atoms with Gasteiger partial charge in [0.25, 0.3) is 11.8 Å². The van der Waals surface area contributed by atoms with E-state index in [4.69, 9.17) is 23.2 Å². The number of carbonyl (C=O) groups excluding carboxylic acids is 3. The fourth-order valence-corrected chi connectivity index (χ4v) is 4.37. The maximum Gasteiger partial charge on any atom is 0.272 e. The zero-order chi connectivity index (χ0) is 24.4. The van der Waals surface area contributed by atoms with Gasteiger partial charge in [-0.1, -0.05) is 47.5 Å². The van der Waals surface area contributed by atoms with Gasteiger partial charge in [-0.3, -0.25) is 19.0 Å². The second kappa shape index (κ2) is 9.97. The second-order valence-electron chi connectivity index (χ2n) is 7.40. The zero-order valence-electron chi connectivity index (χ0n) is 17.7. The molecule has 2 heterocycles. The van der Waals surface area contributed by atoms with E-state index in [9.17, 15) is 14.4 Å².